The van der Waals surface area contributed by atoms with Gasteiger partial charge in [-0.25, -0.2) is 9.78 Å². The van der Waals surface area contributed by atoms with E-state index in [-0.39, 0.29) is 5.56 Å². The Hall–Kier alpha value is -2.63. The summed E-state index contributed by atoms with van der Waals surface area (Å²) in [4.78, 5) is 18.4. The number of carbonyl (C=O) groups is 1. The molecule has 0 bridgehead atoms. The predicted molar refractivity (Wildman–Crippen MR) is 66.5 cm³/mol. The van der Waals surface area contributed by atoms with Crippen LogP contribution in [0.4, 0.5) is 0 Å². The van der Waals surface area contributed by atoms with Gasteiger partial charge in [0.1, 0.15) is 17.1 Å². The first kappa shape index (κ1) is 12.8. The largest absolute Gasteiger partial charge is 0.496 e. The van der Waals surface area contributed by atoms with Crippen LogP contribution in [-0.4, -0.2) is 33.3 Å². The van der Waals surface area contributed by atoms with Crippen molar-refractivity contribution in [1.82, 2.24) is 9.97 Å². The molecule has 19 heavy (non-hydrogen) atoms. The van der Waals surface area contributed by atoms with Crippen molar-refractivity contribution in [3.8, 4) is 11.6 Å². The minimum atomic E-state index is -1.26. The van der Waals surface area contributed by atoms with Gasteiger partial charge in [0.05, 0.1) is 7.11 Å². The summed E-state index contributed by atoms with van der Waals surface area (Å²) in [7, 11) is 1.56. The second-order valence-electron chi connectivity index (χ2n) is 3.82. The van der Waals surface area contributed by atoms with Gasteiger partial charge in [0, 0.05) is 18.2 Å². The van der Waals surface area contributed by atoms with Gasteiger partial charge in [-0.05, 0) is 6.07 Å². The minimum absolute atomic E-state index is 0.316. The number of rotatable bonds is 4. The summed E-state index contributed by atoms with van der Waals surface area (Å²) in [5, 5.41) is 18.3. The number of para-hydroxylation sites is 1. The van der Waals surface area contributed by atoms with E-state index in [0.717, 1.165) is 11.8 Å². The molecule has 6 heteroatoms. The Morgan fingerprint density at radius 3 is 2.74 bits per heavy atom. The molecule has 1 aromatic carbocycles. The van der Waals surface area contributed by atoms with Crippen molar-refractivity contribution < 1.29 is 19.7 Å². The molecule has 98 valence electrons. The number of ether oxygens (including phenoxy) is 1. The number of aromatic nitrogens is 2. The molecule has 0 radical (unpaired) electrons. The van der Waals surface area contributed by atoms with Crippen LogP contribution in [0, 0.1) is 0 Å². The summed E-state index contributed by atoms with van der Waals surface area (Å²) in [5.74, 6) is -0.784. The molecule has 0 spiro atoms. The van der Waals surface area contributed by atoms with Gasteiger partial charge >= 0.3 is 5.97 Å². The van der Waals surface area contributed by atoms with Crippen LogP contribution in [0.3, 0.4) is 0 Å². The van der Waals surface area contributed by atoms with E-state index in [0.29, 0.717) is 18.0 Å². The van der Waals surface area contributed by atoms with E-state index < -0.39 is 11.8 Å². The molecule has 0 saturated carbocycles. The Morgan fingerprint density at radius 1 is 1.37 bits per heavy atom. The second kappa shape index (κ2) is 5.34. The summed E-state index contributed by atoms with van der Waals surface area (Å²) in [6.45, 7) is 0. The van der Waals surface area contributed by atoms with Crippen LogP contribution in [0.1, 0.15) is 21.7 Å². The zero-order valence-electron chi connectivity index (χ0n) is 10.2. The van der Waals surface area contributed by atoms with E-state index in [2.05, 4.69) is 9.97 Å². The van der Waals surface area contributed by atoms with Gasteiger partial charge in [-0.2, -0.15) is 4.98 Å². The Labute approximate surface area is 109 Å². The van der Waals surface area contributed by atoms with Crippen LogP contribution in [0.5, 0.6) is 11.6 Å². The third-order valence-electron chi connectivity index (χ3n) is 2.59. The lowest BCUT2D eigenvalue weighted by molar-refractivity contribution is 0.0692. The molecular weight excluding hydrogens is 248 g/mol. The molecule has 0 amide bonds. The van der Waals surface area contributed by atoms with E-state index in [1.807, 2.05) is 18.2 Å². The summed E-state index contributed by atoms with van der Waals surface area (Å²) in [6, 6.07) is 7.35. The molecule has 0 aliphatic heterocycles. The molecule has 0 atom stereocenters. The fourth-order valence-electron chi connectivity index (χ4n) is 1.66. The predicted octanol–water partition coefficient (Wildman–Crippen LogP) is 1.48. The zero-order valence-corrected chi connectivity index (χ0v) is 10.2. The van der Waals surface area contributed by atoms with Crippen molar-refractivity contribution in [3.63, 3.8) is 0 Å². The Kier molecular flexibility index (Phi) is 3.61. The molecule has 2 N–H and O–H groups in total. The second-order valence-corrected chi connectivity index (χ2v) is 3.82. The van der Waals surface area contributed by atoms with Crippen molar-refractivity contribution >= 4 is 5.97 Å². The lowest BCUT2D eigenvalue weighted by Gasteiger charge is -2.07. The quantitative estimate of drug-likeness (QED) is 0.865. The van der Waals surface area contributed by atoms with E-state index in [9.17, 15) is 9.90 Å². The maximum atomic E-state index is 10.7. The highest BCUT2D eigenvalue weighted by Gasteiger charge is 2.13. The SMILES string of the molecule is COc1ccccc1Cc1ncc(C(=O)O)c(O)n1. The van der Waals surface area contributed by atoms with E-state index in [1.165, 1.54) is 0 Å². The molecule has 2 rings (SSSR count). The maximum Gasteiger partial charge on any atom is 0.342 e. The van der Waals surface area contributed by atoms with Crippen molar-refractivity contribution in [2.45, 2.75) is 6.42 Å². The number of hydrogen-bond acceptors (Lipinski definition) is 5. The summed E-state index contributed by atoms with van der Waals surface area (Å²) >= 11 is 0. The number of aromatic carboxylic acids is 1. The van der Waals surface area contributed by atoms with Crippen LogP contribution < -0.4 is 4.74 Å². The van der Waals surface area contributed by atoms with E-state index in [1.54, 1.807) is 13.2 Å². The molecule has 2 aromatic rings. The summed E-state index contributed by atoms with van der Waals surface area (Å²) in [5.41, 5.74) is 0.538. The maximum absolute atomic E-state index is 10.7. The average Bonchev–Trinajstić information content (AvgIpc) is 2.39. The van der Waals surface area contributed by atoms with Crippen molar-refractivity contribution in [2.24, 2.45) is 0 Å². The molecule has 0 aliphatic carbocycles. The van der Waals surface area contributed by atoms with Crippen LogP contribution in [0.25, 0.3) is 0 Å². The van der Waals surface area contributed by atoms with Gasteiger partial charge in [-0.3, -0.25) is 0 Å². The van der Waals surface area contributed by atoms with Crippen LogP contribution in [-0.2, 0) is 6.42 Å². The minimum Gasteiger partial charge on any atom is -0.496 e. The molecule has 0 fully saturated rings. The smallest absolute Gasteiger partial charge is 0.342 e. The van der Waals surface area contributed by atoms with Crippen molar-refractivity contribution in [3.05, 3.63) is 47.4 Å². The monoisotopic (exact) mass is 260 g/mol. The highest BCUT2D eigenvalue weighted by Crippen LogP contribution is 2.21. The summed E-state index contributed by atoms with van der Waals surface area (Å²) < 4.78 is 5.20. The lowest BCUT2D eigenvalue weighted by atomic mass is 10.1. The topological polar surface area (TPSA) is 92.5 Å². The van der Waals surface area contributed by atoms with Gasteiger partial charge in [0.25, 0.3) is 0 Å². The third kappa shape index (κ3) is 2.79. The van der Waals surface area contributed by atoms with Crippen molar-refractivity contribution in [1.29, 1.82) is 0 Å². The van der Waals surface area contributed by atoms with E-state index >= 15 is 0 Å². The number of benzene rings is 1. The molecule has 0 unspecified atom stereocenters. The molecule has 1 aromatic heterocycles. The molecule has 6 nitrogen and oxygen atoms in total. The van der Waals surface area contributed by atoms with Gasteiger partial charge in [0.2, 0.25) is 5.88 Å². The molecule has 1 heterocycles. The number of nitrogens with zero attached hydrogens (tertiary/aromatic N) is 2. The highest BCUT2D eigenvalue weighted by atomic mass is 16.5. The number of carboxylic acid groups (broad SMARTS) is 1. The fraction of sp³-hybridized carbons (Fsp3) is 0.154. The van der Waals surface area contributed by atoms with Crippen LogP contribution >= 0.6 is 0 Å². The van der Waals surface area contributed by atoms with Gasteiger partial charge in [-0.1, -0.05) is 18.2 Å². The Bertz CT molecular complexity index is 613. The third-order valence-corrected chi connectivity index (χ3v) is 2.59. The Balaban J connectivity index is 2.29. The standard InChI is InChI=1S/C13H12N2O4/c1-19-10-5-3-2-4-8(10)6-11-14-7-9(13(17)18)12(16)15-11/h2-5,7H,6H2,1H3,(H,17,18)(H,14,15,16). The van der Waals surface area contributed by atoms with Gasteiger partial charge in [0.15, 0.2) is 0 Å². The number of hydrogen-bond donors (Lipinski definition) is 2. The van der Waals surface area contributed by atoms with Crippen LogP contribution in [0.15, 0.2) is 30.5 Å². The van der Waals surface area contributed by atoms with Crippen LogP contribution in [0.2, 0.25) is 0 Å². The first-order valence-corrected chi connectivity index (χ1v) is 5.52. The van der Waals surface area contributed by atoms with Gasteiger partial charge in [-0.15, -0.1) is 0 Å². The number of methoxy groups -OCH3 is 1. The fourth-order valence-corrected chi connectivity index (χ4v) is 1.66. The molecule has 0 saturated heterocycles. The Morgan fingerprint density at radius 2 is 2.11 bits per heavy atom. The first-order chi connectivity index (χ1) is 9.11. The number of carboxylic acids is 1. The first-order valence-electron chi connectivity index (χ1n) is 5.52. The molecular formula is C13H12N2O4. The highest BCUT2D eigenvalue weighted by molar-refractivity contribution is 5.89. The zero-order chi connectivity index (χ0) is 13.8. The average molecular weight is 260 g/mol. The van der Waals surface area contributed by atoms with E-state index in [4.69, 9.17) is 9.84 Å². The van der Waals surface area contributed by atoms with Crippen molar-refractivity contribution in [2.75, 3.05) is 7.11 Å². The summed E-state index contributed by atoms with van der Waals surface area (Å²) in [6.07, 6.45) is 1.44. The van der Waals surface area contributed by atoms with Gasteiger partial charge < -0.3 is 14.9 Å². The number of aromatic hydroxyl groups is 1. The normalized spacial score (nSPS) is 10.2. The lowest BCUT2D eigenvalue weighted by Crippen LogP contribution is -2.04. The molecule has 0 aliphatic rings.